The summed E-state index contributed by atoms with van der Waals surface area (Å²) in [6.45, 7) is 2.53. The van der Waals surface area contributed by atoms with Crippen LogP contribution in [0.5, 0.6) is 0 Å². The molecule has 1 heterocycles. The molecule has 66 valence electrons. The summed E-state index contributed by atoms with van der Waals surface area (Å²) in [5.41, 5.74) is 0. The zero-order valence-electron chi connectivity index (χ0n) is 6.53. The average molecular weight is 281 g/mol. The lowest BCUT2D eigenvalue weighted by Crippen LogP contribution is -1.98. The van der Waals surface area contributed by atoms with Gasteiger partial charge in [-0.2, -0.15) is 0 Å². The molecule has 0 saturated heterocycles. The number of nitro groups is 1. The Balaban J connectivity index is 2.92. The topological polar surface area (TPSA) is 61.0 Å². The van der Waals surface area contributed by atoms with Gasteiger partial charge in [-0.25, -0.2) is 0 Å². The highest BCUT2D eigenvalue weighted by Crippen LogP contribution is 2.10. The molecule has 1 aromatic heterocycles. The fourth-order valence-corrected chi connectivity index (χ4v) is 1.42. The summed E-state index contributed by atoms with van der Waals surface area (Å²) in [6.07, 6.45) is 1.47. The molecule has 6 heteroatoms. The Bertz CT molecular complexity index is 297. The third-order valence-electron chi connectivity index (χ3n) is 1.48. The van der Waals surface area contributed by atoms with E-state index in [4.69, 9.17) is 0 Å². The molecule has 0 amide bonds. The zero-order chi connectivity index (χ0) is 9.14. The molecule has 5 nitrogen and oxygen atoms in total. The number of alkyl halides is 1. The quantitative estimate of drug-likeness (QED) is 0.365. The number of hydrogen-bond donors (Lipinski definition) is 0. The number of hydrogen-bond acceptors (Lipinski definition) is 3. The van der Waals surface area contributed by atoms with Crippen LogP contribution in [0.4, 0.5) is 5.82 Å². The monoisotopic (exact) mass is 281 g/mol. The molecule has 0 aliphatic heterocycles. The van der Waals surface area contributed by atoms with E-state index in [0.717, 1.165) is 11.0 Å². The molecule has 0 aromatic carbocycles. The Hall–Kier alpha value is -0.660. The number of halogens is 1. The van der Waals surface area contributed by atoms with E-state index < -0.39 is 4.92 Å². The van der Waals surface area contributed by atoms with Crippen LogP contribution in [0.15, 0.2) is 6.20 Å². The molecule has 12 heavy (non-hydrogen) atoms. The van der Waals surface area contributed by atoms with Crippen molar-refractivity contribution in [2.75, 3.05) is 4.43 Å². The lowest BCUT2D eigenvalue weighted by Gasteiger charge is -1.94. The predicted octanol–water partition coefficient (Wildman–Crippen LogP) is 1.53. The van der Waals surface area contributed by atoms with Crippen LogP contribution in [0.1, 0.15) is 5.82 Å². The second-order valence-corrected chi connectivity index (χ2v) is 3.36. The van der Waals surface area contributed by atoms with E-state index in [1.807, 2.05) is 0 Å². The molecule has 0 bridgehead atoms. The van der Waals surface area contributed by atoms with Gasteiger partial charge in [0, 0.05) is 17.9 Å². The molecule has 0 fully saturated rings. The maximum absolute atomic E-state index is 10.3. The maximum atomic E-state index is 10.3. The summed E-state index contributed by atoms with van der Waals surface area (Å²) in [7, 11) is 0. The van der Waals surface area contributed by atoms with Gasteiger partial charge in [-0.05, 0) is 9.91 Å². The van der Waals surface area contributed by atoms with Crippen LogP contribution in [0.25, 0.3) is 0 Å². The van der Waals surface area contributed by atoms with Crippen LogP contribution < -0.4 is 0 Å². The van der Waals surface area contributed by atoms with Gasteiger partial charge in [0.2, 0.25) is 5.82 Å². The van der Waals surface area contributed by atoms with Crippen LogP contribution in [0.3, 0.4) is 0 Å². The molecule has 0 N–H and O–H groups in total. The molecule has 0 atom stereocenters. The second-order valence-electron chi connectivity index (χ2n) is 2.29. The molecule has 0 saturated carbocycles. The lowest BCUT2D eigenvalue weighted by atomic mass is 10.6. The van der Waals surface area contributed by atoms with Gasteiger partial charge in [0.15, 0.2) is 0 Å². The smallest absolute Gasteiger partial charge is 0.358 e. The van der Waals surface area contributed by atoms with E-state index in [9.17, 15) is 10.1 Å². The molecule has 0 radical (unpaired) electrons. The van der Waals surface area contributed by atoms with E-state index in [1.165, 1.54) is 6.20 Å². The standard InChI is InChI=1S/C6H8IN3O2/c1-5-8-6(10(11)12)4-9(5)3-2-7/h4H,2-3H2,1H3. The number of nitrogens with zero attached hydrogens (tertiary/aromatic N) is 3. The normalized spacial score (nSPS) is 10.2. The molecule has 0 aliphatic carbocycles. The SMILES string of the molecule is Cc1nc([N+](=O)[O-])cn1CCI. The van der Waals surface area contributed by atoms with Gasteiger partial charge in [-0.3, -0.25) is 0 Å². The van der Waals surface area contributed by atoms with Crippen LogP contribution in [-0.4, -0.2) is 18.9 Å². The molecule has 1 aromatic rings. The minimum absolute atomic E-state index is 0.0719. The van der Waals surface area contributed by atoms with Crippen molar-refractivity contribution in [1.82, 2.24) is 9.55 Å². The predicted molar refractivity (Wildman–Crippen MR) is 52.5 cm³/mol. The summed E-state index contributed by atoms with van der Waals surface area (Å²) in [4.78, 5) is 13.6. The largest absolute Gasteiger partial charge is 0.381 e. The van der Waals surface area contributed by atoms with Gasteiger partial charge in [-0.1, -0.05) is 22.6 Å². The lowest BCUT2D eigenvalue weighted by molar-refractivity contribution is -0.389. The minimum atomic E-state index is -0.476. The summed E-state index contributed by atoms with van der Waals surface area (Å²) < 4.78 is 2.71. The van der Waals surface area contributed by atoms with E-state index in [0.29, 0.717) is 5.82 Å². The Labute approximate surface area is 83.1 Å². The third-order valence-corrected chi connectivity index (χ3v) is 1.96. The highest BCUT2D eigenvalue weighted by atomic mass is 127. The summed E-state index contributed by atoms with van der Waals surface area (Å²) in [5.74, 6) is 0.621. The fourth-order valence-electron chi connectivity index (χ4n) is 0.897. The highest BCUT2D eigenvalue weighted by Gasteiger charge is 2.13. The van der Waals surface area contributed by atoms with Crippen molar-refractivity contribution >= 4 is 28.4 Å². The molecule has 0 unspecified atom stereocenters. The minimum Gasteiger partial charge on any atom is -0.358 e. The van der Waals surface area contributed by atoms with Crippen molar-refractivity contribution in [2.45, 2.75) is 13.5 Å². The van der Waals surface area contributed by atoms with Crippen LogP contribution in [0, 0.1) is 17.0 Å². The Kier molecular flexibility index (Phi) is 3.01. The molecule has 1 rings (SSSR count). The first-order valence-electron chi connectivity index (χ1n) is 3.39. The molecular weight excluding hydrogens is 273 g/mol. The Morgan fingerprint density at radius 2 is 2.50 bits per heavy atom. The number of aryl methyl sites for hydroxylation is 2. The van der Waals surface area contributed by atoms with Gasteiger partial charge < -0.3 is 14.7 Å². The number of rotatable bonds is 3. The first-order chi connectivity index (χ1) is 5.65. The van der Waals surface area contributed by atoms with Gasteiger partial charge >= 0.3 is 5.82 Å². The fraction of sp³-hybridized carbons (Fsp3) is 0.500. The van der Waals surface area contributed by atoms with E-state index in [1.54, 1.807) is 11.5 Å². The van der Waals surface area contributed by atoms with Crippen molar-refractivity contribution in [3.05, 3.63) is 22.1 Å². The van der Waals surface area contributed by atoms with Crippen molar-refractivity contribution in [3.8, 4) is 0 Å². The summed E-state index contributed by atoms with van der Waals surface area (Å²) in [5, 5.41) is 10.3. The van der Waals surface area contributed by atoms with Crippen molar-refractivity contribution in [2.24, 2.45) is 0 Å². The van der Waals surface area contributed by atoms with E-state index in [-0.39, 0.29) is 5.82 Å². The van der Waals surface area contributed by atoms with Crippen molar-refractivity contribution in [1.29, 1.82) is 0 Å². The van der Waals surface area contributed by atoms with Crippen molar-refractivity contribution in [3.63, 3.8) is 0 Å². The van der Waals surface area contributed by atoms with Gasteiger partial charge in [-0.15, -0.1) is 0 Å². The van der Waals surface area contributed by atoms with Gasteiger partial charge in [0.25, 0.3) is 0 Å². The highest BCUT2D eigenvalue weighted by molar-refractivity contribution is 14.1. The summed E-state index contributed by atoms with van der Waals surface area (Å²) >= 11 is 2.22. The van der Waals surface area contributed by atoms with E-state index >= 15 is 0 Å². The number of imidazole rings is 1. The Morgan fingerprint density at radius 1 is 1.83 bits per heavy atom. The molecule has 0 spiro atoms. The maximum Gasteiger partial charge on any atom is 0.381 e. The van der Waals surface area contributed by atoms with Crippen LogP contribution in [0.2, 0.25) is 0 Å². The molecular formula is C6H8IN3O2. The second kappa shape index (κ2) is 3.83. The Morgan fingerprint density at radius 3 is 2.92 bits per heavy atom. The third kappa shape index (κ3) is 1.93. The molecule has 0 aliphatic rings. The van der Waals surface area contributed by atoms with Crippen LogP contribution >= 0.6 is 22.6 Å². The van der Waals surface area contributed by atoms with Gasteiger partial charge in [0.05, 0.1) is 0 Å². The first kappa shape index (κ1) is 9.43. The average Bonchev–Trinajstić information content (AvgIpc) is 2.34. The first-order valence-corrected chi connectivity index (χ1v) is 4.92. The van der Waals surface area contributed by atoms with E-state index in [2.05, 4.69) is 27.6 Å². The van der Waals surface area contributed by atoms with Gasteiger partial charge in [0.1, 0.15) is 6.20 Å². The number of aromatic nitrogens is 2. The van der Waals surface area contributed by atoms with Crippen LogP contribution in [-0.2, 0) is 6.54 Å². The summed E-state index contributed by atoms with van der Waals surface area (Å²) in [6, 6.07) is 0. The van der Waals surface area contributed by atoms with Crippen molar-refractivity contribution < 1.29 is 4.92 Å². The zero-order valence-corrected chi connectivity index (χ0v) is 8.69.